The van der Waals surface area contributed by atoms with Crippen molar-refractivity contribution >= 4 is 33.4 Å². The second-order valence-electron chi connectivity index (χ2n) is 5.86. The Kier molecular flexibility index (Phi) is 5.95. The maximum Gasteiger partial charge on any atom is 0.329 e. The lowest BCUT2D eigenvalue weighted by Gasteiger charge is -2.31. The predicted molar refractivity (Wildman–Crippen MR) is 92.7 cm³/mol. The number of benzene rings is 1. The first-order chi connectivity index (χ1) is 12.1. The largest absolute Gasteiger partial charge is 0.480 e. The van der Waals surface area contributed by atoms with E-state index in [0.717, 1.165) is 15.2 Å². The molecule has 1 amide bonds. The van der Waals surface area contributed by atoms with Gasteiger partial charge in [-0.3, -0.25) is 4.79 Å². The molecule has 3 rings (SSSR count). The van der Waals surface area contributed by atoms with Crippen LogP contribution in [0.15, 0.2) is 24.3 Å². The van der Waals surface area contributed by atoms with Crippen molar-refractivity contribution < 1.29 is 24.2 Å². The van der Waals surface area contributed by atoms with E-state index in [9.17, 15) is 9.59 Å². The van der Waals surface area contributed by atoms with Crippen LogP contribution in [0.2, 0.25) is 0 Å². The summed E-state index contributed by atoms with van der Waals surface area (Å²) in [5.41, 5.74) is 0.950. The molecule has 7 nitrogen and oxygen atoms in total. The third-order valence-electron chi connectivity index (χ3n) is 3.96. The number of fused-ring (bicyclic) bond motifs is 1. The molecule has 0 aliphatic carbocycles. The number of rotatable bonds is 7. The summed E-state index contributed by atoms with van der Waals surface area (Å²) >= 11 is 1.59. The van der Waals surface area contributed by atoms with Gasteiger partial charge in [-0.1, -0.05) is 12.1 Å². The summed E-state index contributed by atoms with van der Waals surface area (Å²) in [7, 11) is 0. The van der Waals surface area contributed by atoms with Gasteiger partial charge in [0.05, 0.1) is 34.0 Å². The fraction of sp³-hybridized carbons (Fsp3) is 0.471. The number of aromatic nitrogens is 1. The summed E-state index contributed by atoms with van der Waals surface area (Å²) in [4.78, 5) is 27.4. The molecule has 0 unspecified atom stereocenters. The molecule has 0 bridgehead atoms. The lowest BCUT2D eigenvalue weighted by Crippen LogP contribution is -2.51. The lowest BCUT2D eigenvalue weighted by molar-refractivity contribution is -0.148. The number of nitrogens with one attached hydrogen (secondary N) is 1. The molecule has 1 aromatic heterocycles. The van der Waals surface area contributed by atoms with Crippen molar-refractivity contribution in [2.75, 3.05) is 19.8 Å². The summed E-state index contributed by atoms with van der Waals surface area (Å²) in [6.07, 6.45) is 1.12. The molecule has 25 heavy (non-hydrogen) atoms. The Morgan fingerprint density at radius 2 is 2.24 bits per heavy atom. The first-order valence-corrected chi connectivity index (χ1v) is 8.98. The van der Waals surface area contributed by atoms with Crippen LogP contribution in [-0.4, -0.2) is 53.9 Å². The van der Waals surface area contributed by atoms with Gasteiger partial charge >= 0.3 is 5.97 Å². The molecule has 1 saturated heterocycles. The van der Waals surface area contributed by atoms with Gasteiger partial charge in [-0.05, 0) is 18.6 Å². The van der Waals surface area contributed by atoms with Gasteiger partial charge in [-0.25, -0.2) is 9.78 Å². The van der Waals surface area contributed by atoms with Gasteiger partial charge in [0, 0.05) is 19.4 Å². The number of carboxylic acids is 1. The van der Waals surface area contributed by atoms with Crippen LogP contribution in [-0.2, 0) is 25.5 Å². The van der Waals surface area contributed by atoms with Crippen LogP contribution in [0.25, 0.3) is 10.2 Å². The Labute approximate surface area is 149 Å². The Morgan fingerprint density at radius 1 is 1.40 bits per heavy atom. The number of amides is 1. The number of ether oxygens (including phenoxy) is 2. The fourth-order valence-corrected chi connectivity index (χ4v) is 3.72. The number of para-hydroxylation sites is 1. The number of aryl methyl sites for hydroxylation is 1. The minimum atomic E-state index is -1.02. The molecular formula is C17H20N2O5S. The van der Waals surface area contributed by atoms with Crippen molar-refractivity contribution in [3.63, 3.8) is 0 Å². The van der Waals surface area contributed by atoms with Crippen LogP contribution >= 0.6 is 11.3 Å². The maximum absolute atomic E-state index is 12.2. The summed E-state index contributed by atoms with van der Waals surface area (Å²) in [6, 6.07) is 7.56. The van der Waals surface area contributed by atoms with E-state index in [1.165, 1.54) is 0 Å². The Morgan fingerprint density at radius 3 is 3.04 bits per heavy atom. The Hall–Kier alpha value is -2.03. The molecule has 1 aromatic carbocycles. The number of aliphatic carboxylic acids is 1. The second-order valence-corrected chi connectivity index (χ2v) is 6.97. The van der Waals surface area contributed by atoms with Crippen LogP contribution < -0.4 is 5.32 Å². The highest BCUT2D eigenvalue weighted by molar-refractivity contribution is 7.18. The predicted octanol–water partition coefficient (Wildman–Crippen LogP) is 1.60. The van der Waals surface area contributed by atoms with Crippen LogP contribution in [0.4, 0.5) is 0 Å². The Bertz CT molecular complexity index is 714. The molecule has 1 fully saturated rings. The van der Waals surface area contributed by atoms with E-state index < -0.39 is 5.97 Å². The van der Waals surface area contributed by atoms with Gasteiger partial charge in [-0.2, -0.15) is 0 Å². The number of hydrogen-bond acceptors (Lipinski definition) is 6. The minimum Gasteiger partial charge on any atom is -0.480 e. The van der Waals surface area contributed by atoms with Crippen molar-refractivity contribution in [2.24, 2.45) is 0 Å². The summed E-state index contributed by atoms with van der Waals surface area (Å²) in [5, 5.41) is 12.6. The van der Waals surface area contributed by atoms with Crippen molar-refractivity contribution in [1.82, 2.24) is 10.3 Å². The van der Waals surface area contributed by atoms with E-state index in [1.54, 1.807) is 11.3 Å². The zero-order valence-electron chi connectivity index (χ0n) is 13.6. The van der Waals surface area contributed by atoms with Crippen molar-refractivity contribution in [1.29, 1.82) is 0 Å². The van der Waals surface area contributed by atoms with Crippen LogP contribution in [0.5, 0.6) is 0 Å². The molecule has 0 radical (unpaired) electrons. The summed E-state index contributed by atoms with van der Waals surface area (Å²) < 4.78 is 11.8. The smallest absolute Gasteiger partial charge is 0.329 e. The third-order valence-corrected chi connectivity index (χ3v) is 5.06. The van der Waals surface area contributed by atoms with Crippen molar-refractivity contribution in [3.8, 4) is 0 Å². The summed E-state index contributed by atoms with van der Waals surface area (Å²) in [5.74, 6) is -1.13. The van der Waals surface area contributed by atoms with Crippen LogP contribution in [0.3, 0.4) is 0 Å². The quantitative estimate of drug-likeness (QED) is 0.774. The zero-order chi connectivity index (χ0) is 17.6. The lowest BCUT2D eigenvalue weighted by atomic mass is 10.1. The van der Waals surface area contributed by atoms with Crippen molar-refractivity contribution in [3.05, 3.63) is 29.3 Å². The SMILES string of the molecule is O=C(O)CO[C@@H]1CCOC[C@@H]1NC(=O)CCc1nc2ccccc2s1. The summed E-state index contributed by atoms with van der Waals surface area (Å²) in [6.45, 7) is 0.461. The van der Waals surface area contributed by atoms with E-state index in [-0.39, 0.29) is 24.7 Å². The molecular weight excluding hydrogens is 344 g/mol. The average molecular weight is 364 g/mol. The number of carbonyl (C=O) groups is 2. The normalized spacial score (nSPS) is 20.5. The highest BCUT2D eigenvalue weighted by Gasteiger charge is 2.28. The van der Waals surface area contributed by atoms with E-state index in [1.807, 2.05) is 24.3 Å². The highest BCUT2D eigenvalue weighted by atomic mass is 32.1. The number of thiazole rings is 1. The molecule has 2 N–H and O–H groups in total. The molecule has 2 atom stereocenters. The first kappa shape index (κ1) is 17.8. The second kappa shape index (κ2) is 8.37. The van der Waals surface area contributed by atoms with Gasteiger partial charge in [0.2, 0.25) is 5.91 Å². The van der Waals surface area contributed by atoms with E-state index >= 15 is 0 Å². The molecule has 2 aromatic rings. The standard InChI is InChI=1S/C17H20N2O5S/c20-15(5-6-16-19-11-3-1-2-4-14(11)25-16)18-12-9-23-8-7-13(12)24-10-17(21)22/h1-4,12-13H,5-10H2,(H,18,20)(H,21,22)/t12-,13+/m0/s1. The topological polar surface area (TPSA) is 97.8 Å². The molecule has 0 spiro atoms. The number of hydrogen-bond donors (Lipinski definition) is 2. The molecule has 1 aliphatic heterocycles. The van der Waals surface area contributed by atoms with E-state index in [2.05, 4.69) is 10.3 Å². The van der Waals surface area contributed by atoms with Gasteiger partial charge in [-0.15, -0.1) is 11.3 Å². The monoisotopic (exact) mass is 364 g/mol. The fourth-order valence-electron chi connectivity index (χ4n) is 2.76. The Balaban J connectivity index is 1.51. The van der Waals surface area contributed by atoms with E-state index in [4.69, 9.17) is 14.6 Å². The van der Waals surface area contributed by atoms with Crippen molar-refractivity contribution in [2.45, 2.75) is 31.4 Å². The number of nitrogens with zero attached hydrogens (tertiary/aromatic N) is 1. The third kappa shape index (κ3) is 4.97. The maximum atomic E-state index is 12.2. The van der Waals surface area contributed by atoms with Gasteiger partial charge in [0.1, 0.15) is 6.61 Å². The molecule has 8 heteroatoms. The van der Waals surface area contributed by atoms with E-state index in [0.29, 0.717) is 32.5 Å². The molecule has 1 aliphatic rings. The first-order valence-electron chi connectivity index (χ1n) is 8.17. The van der Waals surface area contributed by atoms with Crippen LogP contribution in [0.1, 0.15) is 17.8 Å². The zero-order valence-corrected chi connectivity index (χ0v) is 14.5. The van der Waals surface area contributed by atoms with Crippen LogP contribution in [0, 0.1) is 0 Å². The number of carbonyl (C=O) groups excluding carboxylic acids is 1. The van der Waals surface area contributed by atoms with Gasteiger partial charge in [0.15, 0.2) is 0 Å². The van der Waals surface area contributed by atoms with Gasteiger partial charge in [0.25, 0.3) is 0 Å². The number of carboxylic acid groups (broad SMARTS) is 1. The molecule has 2 heterocycles. The minimum absolute atomic E-state index is 0.112. The average Bonchev–Trinajstić information content (AvgIpc) is 3.02. The highest BCUT2D eigenvalue weighted by Crippen LogP contribution is 2.22. The molecule has 0 saturated carbocycles. The molecule has 134 valence electrons. The van der Waals surface area contributed by atoms with Gasteiger partial charge < -0.3 is 19.9 Å².